The van der Waals surface area contributed by atoms with E-state index >= 15 is 0 Å². The summed E-state index contributed by atoms with van der Waals surface area (Å²) in [5.74, 6) is -1.35. The molecule has 1 amide bonds. The minimum absolute atomic E-state index is 0.116. The van der Waals surface area contributed by atoms with E-state index < -0.39 is 37.6 Å². The summed E-state index contributed by atoms with van der Waals surface area (Å²) in [4.78, 5) is 25.1. The maximum Gasteiger partial charge on any atom is 0.288 e. The summed E-state index contributed by atoms with van der Waals surface area (Å²) in [6.07, 6.45) is 0.959. The summed E-state index contributed by atoms with van der Waals surface area (Å²) < 4.78 is 24.5. The van der Waals surface area contributed by atoms with Crippen LogP contribution in [0, 0.1) is 17.0 Å². The fraction of sp³-hybridized carbons (Fsp3) is 0.333. The Hall–Kier alpha value is -2.49. The van der Waals surface area contributed by atoms with Crippen LogP contribution in [0.2, 0.25) is 0 Å². The zero-order valence-electron chi connectivity index (χ0n) is 11.6. The quantitative estimate of drug-likeness (QED) is 0.347. The molecule has 9 nitrogen and oxygen atoms in total. The molecule has 0 aromatic heterocycles. The molecule has 4 N–H and O–H groups in total. The number of aliphatic imine (C=N–C) groups is 1. The number of aryl methyl sites for hydroxylation is 1. The zero-order chi connectivity index (χ0) is 16.7. The summed E-state index contributed by atoms with van der Waals surface area (Å²) >= 11 is 0. The molecule has 0 spiro atoms. The number of nitro benzene ring substituents is 1. The van der Waals surface area contributed by atoms with Crippen molar-refractivity contribution in [1.82, 2.24) is 0 Å². The number of benzene rings is 1. The van der Waals surface area contributed by atoms with E-state index in [9.17, 15) is 23.3 Å². The second-order valence-corrected chi connectivity index (χ2v) is 7.17. The smallest absolute Gasteiger partial charge is 0.288 e. The van der Waals surface area contributed by atoms with Crippen LogP contribution in [0.25, 0.3) is 0 Å². The predicted octanol–water partition coefficient (Wildman–Crippen LogP) is 0.253. The molecule has 1 aromatic carbocycles. The molecule has 0 unspecified atom stereocenters. The third-order valence-corrected chi connectivity index (χ3v) is 5.52. The van der Waals surface area contributed by atoms with Gasteiger partial charge in [0.2, 0.25) is 0 Å². The second-order valence-electron chi connectivity index (χ2n) is 4.98. The highest BCUT2D eigenvalue weighted by Gasteiger charge is 2.41. The van der Waals surface area contributed by atoms with Gasteiger partial charge in [-0.25, -0.2) is 8.42 Å². The summed E-state index contributed by atoms with van der Waals surface area (Å²) in [5, 5.41) is 10.6. The number of sulfone groups is 1. The lowest BCUT2D eigenvalue weighted by Gasteiger charge is -2.08. The lowest BCUT2D eigenvalue weighted by Crippen LogP contribution is -2.24. The molecule has 0 saturated heterocycles. The Kier molecular flexibility index (Phi) is 3.88. The Balaban J connectivity index is 2.64. The number of hydrogen-bond acceptors (Lipinski definition) is 5. The molecular weight excluding hydrogens is 312 g/mol. The lowest BCUT2D eigenvalue weighted by molar-refractivity contribution is -0.387. The van der Waals surface area contributed by atoms with Crippen molar-refractivity contribution in [2.75, 3.05) is 0 Å². The number of nitrogens with zero attached hydrogens (tertiary/aromatic N) is 2. The van der Waals surface area contributed by atoms with Crippen LogP contribution in [0.1, 0.15) is 28.8 Å². The lowest BCUT2D eigenvalue weighted by atomic mass is 10.1. The van der Waals surface area contributed by atoms with Gasteiger partial charge in [0, 0.05) is 6.07 Å². The van der Waals surface area contributed by atoms with Gasteiger partial charge in [-0.15, -0.1) is 0 Å². The molecule has 1 aliphatic carbocycles. The van der Waals surface area contributed by atoms with Crippen molar-refractivity contribution in [1.29, 1.82) is 0 Å². The standard InChI is InChI=1S/C12H14N4O5S/c1-6-4-10(22(20,21)7-2-3-7)9(16(18)19)5-8(6)11(17)15-12(13)14/h4-5,7H,2-3H2,1H3,(H4,13,14,15,17). The highest BCUT2D eigenvalue weighted by Crippen LogP contribution is 2.38. The summed E-state index contributed by atoms with van der Waals surface area (Å²) in [6, 6.07) is 2.03. The zero-order valence-corrected chi connectivity index (χ0v) is 12.5. The minimum atomic E-state index is -3.77. The number of hydrogen-bond donors (Lipinski definition) is 2. The Morgan fingerprint density at radius 1 is 1.36 bits per heavy atom. The van der Waals surface area contributed by atoms with Crippen LogP contribution in [0.15, 0.2) is 22.0 Å². The largest absolute Gasteiger partial charge is 0.370 e. The van der Waals surface area contributed by atoms with Gasteiger partial charge in [-0.05, 0) is 31.4 Å². The molecule has 1 aromatic rings. The van der Waals surface area contributed by atoms with E-state index in [1.54, 1.807) is 0 Å². The van der Waals surface area contributed by atoms with Crippen molar-refractivity contribution >= 4 is 27.4 Å². The molecule has 0 aliphatic heterocycles. The SMILES string of the molecule is Cc1cc(S(=O)(=O)C2CC2)c([N+](=O)[O-])cc1C(=O)N=C(N)N. The van der Waals surface area contributed by atoms with Crippen molar-refractivity contribution in [2.45, 2.75) is 29.9 Å². The number of carbonyl (C=O) groups excluding carboxylic acids is 1. The van der Waals surface area contributed by atoms with Crippen molar-refractivity contribution in [3.63, 3.8) is 0 Å². The van der Waals surface area contributed by atoms with Crippen LogP contribution < -0.4 is 11.5 Å². The Labute approximate surface area is 126 Å². The molecule has 1 saturated carbocycles. The van der Waals surface area contributed by atoms with Crippen LogP contribution in [-0.2, 0) is 9.84 Å². The van der Waals surface area contributed by atoms with Gasteiger partial charge in [0.25, 0.3) is 11.6 Å². The van der Waals surface area contributed by atoms with Crippen molar-refractivity contribution < 1.29 is 18.1 Å². The summed E-state index contributed by atoms with van der Waals surface area (Å²) in [6.45, 7) is 1.46. The molecule has 1 fully saturated rings. The summed E-state index contributed by atoms with van der Waals surface area (Å²) in [7, 11) is -3.77. The Morgan fingerprint density at radius 2 is 1.95 bits per heavy atom. The first kappa shape index (κ1) is 15.9. The number of amides is 1. The molecule has 118 valence electrons. The molecule has 22 heavy (non-hydrogen) atoms. The third kappa shape index (κ3) is 2.91. The van der Waals surface area contributed by atoms with Crippen LogP contribution in [0.3, 0.4) is 0 Å². The molecule has 2 rings (SSSR count). The molecule has 10 heteroatoms. The Morgan fingerprint density at radius 3 is 2.41 bits per heavy atom. The third-order valence-electron chi connectivity index (χ3n) is 3.23. The molecular formula is C12H14N4O5S. The van der Waals surface area contributed by atoms with Gasteiger partial charge < -0.3 is 11.5 Å². The van der Waals surface area contributed by atoms with Gasteiger partial charge in [0.05, 0.1) is 15.7 Å². The van der Waals surface area contributed by atoms with E-state index in [1.165, 1.54) is 6.92 Å². The molecule has 1 aliphatic rings. The first-order chi connectivity index (χ1) is 10.1. The van der Waals surface area contributed by atoms with Gasteiger partial charge in [-0.1, -0.05) is 0 Å². The van der Waals surface area contributed by atoms with E-state index in [1.807, 2.05) is 0 Å². The van der Waals surface area contributed by atoms with Crippen LogP contribution in [0.5, 0.6) is 0 Å². The Bertz CT molecular complexity index is 792. The van der Waals surface area contributed by atoms with Gasteiger partial charge in [-0.3, -0.25) is 14.9 Å². The molecule has 0 heterocycles. The van der Waals surface area contributed by atoms with Crippen molar-refractivity contribution in [3.05, 3.63) is 33.4 Å². The average molecular weight is 326 g/mol. The van der Waals surface area contributed by atoms with Crippen LogP contribution in [-0.4, -0.2) is 30.5 Å². The number of guanidine groups is 1. The number of nitrogens with two attached hydrogens (primary N) is 2. The fourth-order valence-electron chi connectivity index (χ4n) is 2.01. The topological polar surface area (TPSA) is 159 Å². The van der Waals surface area contributed by atoms with Crippen LogP contribution >= 0.6 is 0 Å². The van der Waals surface area contributed by atoms with Gasteiger partial charge in [0.1, 0.15) is 4.90 Å². The first-order valence-electron chi connectivity index (χ1n) is 6.31. The van der Waals surface area contributed by atoms with Gasteiger partial charge >= 0.3 is 0 Å². The second kappa shape index (κ2) is 5.37. The van der Waals surface area contributed by atoms with E-state index in [0.717, 1.165) is 12.1 Å². The molecule has 0 atom stereocenters. The van der Waals surface area contributed by atoms with E-state index in [-0.39, 0.29) is 16.0 Å². The van der Waals surface area contributed by atoms with Gasteiger partial charge in [-0.2, -0.15) is 4.99 Å². The predicted molar refractivity (Wildman–Crippen MR) is 78.2 cm³/mol. The number of carbonyl (C=O) groups is 1. The van der Waals surface area contributed by atoms with E-state index in [4.69, 9.17) is 11.5 Å². The molecule has 0 bridgehead atoms. The van der Waals surface area contributed by atoms with E-state index in [0.29, 0.717) is 12.8 Å². The van der Waals surface area contributed by atoms with E-state index in [2.05, 4.69) is 4.99 Å². The van der Waals surface area contributed by atoms with Crippen LogP contribution in [0.4, 0.5) is 5.69 Å². The number of nitro groups is 1. The van der Waals surface area contributed by atoms with Crippen molar-refractivity contribution in [2.24, 2.45) is 16.5 Å². The number of rotatable bonds is 4. The highest BCUT2D eigenvalue weighted by molar-refractivity contribution is 7.92. The molecule has 0 radical (unpaired) electrons. The first-order valence-corrected chi connectivity index (χ1v) is 7.86. The average Bonchev–Trinajstić information content (AvgIpc) is 3.21. The van der Waals surface area contributed by atoms with Gasteiger partial charge in [0.15, 0.2) is 15.8 Å². The normalized spacial score (nSPS) is 14.4. The summed E-state index contributed by atoms with van der Waals surface area (Å²) in [5.41, 5.74) is 9.69. The van der Waals surface area contributed by atoms with Crippen molar-refractivity contribution in [3.8, 4) is 0 Å². The maximum absolute atomic E-state index is 12.3. The minimum Gasteiger partial charge on any atom is -0.370 e. The monoisotopic (exact) mass is 326 g/mol. The highest BCUT2D eigenvalue weighted by atomic mass is 32.2. The maximum atomic E-state index is 12.3. The fourth-order valence-corrected chi connectivity index (χ4v) is 3.89.